The molecule has 2 heterocycles. The van der Waals surface area contributed by atoms with Crippen LogP contribution in [0.15, 0.2) is 91.3 Å². The standard InChI is InChI=1S/C41H46N4O3/c1-6-7-18-37-43-38-29(2)19-24-36(47-26-13-12-25-44-28-42-34-16-10-11-17-35(34)44)39(38)45(37)27-30-20-22-31(23-21-30)32-14-8-9-15-33(32)40(46)48-41(3,4)5/h8-11,14-17,19-24,28H,6-7,12-13,18,25-27H2,1-5H3. The summed E-state index contributed by atoms with van der Waals surface area (Å²) in [5.74, 6) is 1.64. The van der Waals surface area contributed by atoms with Gasteiger partial charge < -0.3 is 18.6 Å². The number of carbonyl (C=O) groups is 1. The summed E-state index contributed by atoms with van der Waals surface area (Å²) < 4.78 is 16.8. The van der Waals surface area contributed by atoms with Crippen molar-refractivity contribution < 1.29 is 14.3 Å². The van der Waals surface area contributed by atoms with Crippen LogP contribution in [0.5, 0.6) is 5.75 Å². The van der Waals surface area contributed by atoms with E-state index in [-0.39, 0.29) is 5.97 Å². The van der Waals surface area contributed by atoms with Gasteiger partial charge in [-0.2, -0.15) is 0 Å². The molecule has 7 heteroatoms. The summed E-state index contributed by atoms with van der Waals surface area (Å²) in [4.78, 5) is 22.7. The summed E-state index contributed by atoms with van der Waals surface area (Å²) in [7, 11) is 0. The monoisotopic (exact) mass is 642 g/mol. The molecule has 0 aliphatic carbocycles. The molecule has 0 unspecified atom stereocenters. The number of hydrogen-bond acceptors (Lipinski definition) is 5. The van der Waals surface area contributed by atoms with Crippen LogP contribution >= 0.6 is 0 Å². The first-order valence-corrected chi connectivity index (χ1v) is 17.1. The lowest BCUT2D eigenvalue weighted by Crippen LogP contribution is -2.24. The van der Waals surface area contributed by atoms with Crippen molar-refractivity contribution in [2.24, 2.45) is 0 Å². The molecule has 0 saturated heterocycles. The van der Waals surface area contributed by atoms with Gasteiger partial charge in [0.25, 0.3) is 0 Å². The van der Waals surface area contributed by atoms with Gasteiger partial charge in [0.05, 0.1) is 35.0 Å². The highest BCUT2D eigenvalue weighted by Crippen LogP contribution is 2.32. The van der Waals surface area contributed by atoms with Gasteiger partial charge in [-0.25, -0.2) is 14.8 Å². The Labute approximate surface area is 283 Å². The summed E-state index contributed by atoms with van der Waals surface area (Å²) in [6, 6.07) is 28.6. The van der Waals surface area contributed by atoms with Crippen LogP contribution < -0.4 is 4.74 Å². The number of imidazole rings is 2. The minimum atomic E-state index is -0.562. The van der Waals surface area contributed by atoms with E-state index < -0.39 is 5.60 Å². The Morgan fingerprint density at radius 1 is 0.875 bits per heavy atom. The van der Waals surface area contributed by atoms with Gasteiger partial charge in [0.15, 0.2) is 0 Å². The van der Waals surface area contributed by atoms with E-state index in [4.69, 9.17) is 14.5 Å². The van der Waals surface area contributed by atoms with E-state index in [1.165, 1.54) is 5.52 Å². The van der Waals surface area contributed by atoms with E-state index in [1.54, 1.807) is 0 Å². The zero-order valence-corrected chi connectivity index (χ0v) is 28.8. The van der Waals surface area contributed by atoms with Crippen molar-refractivity contribution in [2.45, 2.75) is 85.4 Å². The summed E-state index contributed by atoms with van der Waals surface area (Å²) >= 11 is 0. The number of hydrogen-bond donors (Lipinski definition) is 0. The Bertz CT molecular complexity index is 2010. The van der Waals surface area contributed by atoms with E-state index in [0.29, 0.717) is 18.7 Å². The molecule has 6 aromatic rings. The van der Waals surface area contributed by atoms with E-state index in [9.17, 15) is 4.79 Å². The van der Waals surface area contributed by atoms with Crippen LogP contribution in [0, 0.1) is 6.92 Å². The number of fused-ring (bicyclic) bond motifs is 2. The van der Waals surface area contributed by atoms with E-state index in [1.807, 2.05) is 57.4 Å². The van der Waals surface area contributed by atoms with Gasteiger partial charge in [0.2, 0.25) is 0 Å². The van der Waals surface area contributed by atoms with Crippen LogP contribution in [0.3, 0.4) is 0 Å². The highest BCUT2D eigenvalue weighted by Gasteiger charge is 2.21. The SMILES string of the molecule is CCCCc1nc2c(C)ccc(OCCCCn3cnc4ccccc43)c2n1Cc1ccc(-c2ccccc2C(=O)OC(C)(C)C)cc1. The summed E-state index contributed by atoms with van der Waals surface area (Å²) in [5.41, 5.74) is 8.42. The van der Waals surface area contributed by atoms with Gasteiger partial charge in [-0.15, -0.1) is 0 Å². The van der Waals surface area contributed by atoms with Crippen LogP contribution in [0.25, 0.3) is 33.2 Å². The van der Waals surface area contributed by atoms with E-state index in [0.717, 1.165) is 89.0 Å². The summed E-state index contributed by atoms with van der Waals surface area (Å²) in [6.07, 6.45) is 6.94. The third-order valence-corrected chi connectivity index (χ3v) is 8.62. The zero-order valence-electron chi connectivity index (χ0n) is 28.8. The van der Waals surface area contributed by atoms with Gasteiger partial charge in [0, 0.05) is 19.5 Å². The summed E-state index contributed by atoms with van der Waals surface area (Å²) in [5, 5.41) is 0. The predicted octanol–water partition coefficient (Wildman–Crippen LogP) is 9.57. The number of nitrogens with zero attached hydrogens (tertiary/aromatic N) is 4. The largest absolute Gasteiger partial charge is 0.491 e. The molecule has 2 aromatic heterocycles. The number of aryl methyl sites for hydroxylation is 3. The zero-order chi connectivity index (χ0) is 33.7. The van der Waals surface area contributed by atoms with Crippen LogP contribution in [0.1, 0.15) is 80.7 Å². The molecule has 6 rings (SSSR count). The molecule has 0 spiro atoms. The number of benzene rings is 4. The average Bonchev–Trinajstić information content (AvgIpc) is 3.66. The molecule has 48 heavy (non-hydrogen) atoms. The third-order valence-electron chi connectivity index (χ3n) is 8.62. The van der Waals surface area contributed by atoms with Crippen molar-refractivity contribution in [3.05, 3.63) is 114 Å². The number of carbonyl (C=O) groups excluding carboxylic acids is 1. The smallest absolute Gasteiger partial charge is 0.339 e. The van der Waals surface area contributed by atoms with Gasteiger partial charge in [-0.3, -0.25) is 0 Å². The molecule has 0 radical (unpaired) electrons. The first kappa shape index (κ1) is 33.0. The Kier molecular flexibility index (Phi) is 9.95. The molecule has 248 valence electrons. The maximum absolute atomic E-state index is 13.0. The molecule has 4 aromatic carbocycles. The van der Waals surface area contributed by atoms with Crippen LogP contribution in [-0.4, -0.2) is 37.3 Å². The predicted molar refractivity (Wildman–Crippen MR) is 194 cm³/mol. The highest BCUT2D eigenvalue weighted by atomic mass is 16.6. The molecule has 0 saturated carbocycles. The van der Waals surface area contributed by atoms with Crippen molar-refractivity contribution in [1.82, 2.24) is 19.1 Å². The second-order valence-electron chi connectivity index (χ2n) is 13.5. The lowest BCUT2D eigenvalue weighted by atomic mass is 9.98. The molecule has 0 N–H and O–H groups in total. The number of para-hydroxylation sites is 2. The number of unbranched alkanes of at least 4 members (excludes halogenated alkanes) is 2. The molecule has 0 bridgehead atoms. The minimum absolute atomic E-state index is 0.314. The lowest BCUT2D eigenvalue weighted by molar-refractivity contribution is 0.00704. The van der Waals surface area contributed by atoms with Gasteiger partial charge >= 0.3 is 5.97 Å². The number of aromatic nitrogens is 4. The minimum Gasteiger partial charge on any atom is -0.491 e. The fraction of sp³-hybridized carbons (Fsp3) is 0.341. The lowest BCUT2D eigenvalue weighted by Gasteiger charge is -2.20. The Hall–Kier alpha value is -4.91. The van der Waals surface area contributed by atoms with Crippen molar-refractivity contribution in [2.75, 3.05) is 6.61 Å². The normalized spacial score (nSPS) is 11.8. The molecule has 0 atom stereocenters. The molecule has 0 aliphatic rings. The van der Waals surface area contributed by atoms with Crippen molar-refractivity contribution >= 4 is 28.0 Å². The second kappa shape index (κ2) is 14.5. The number of ether oxygens (including phenoxy) is 2. The van der Waals surface area contributed by atoms with Crippen molar-refractivity contribution in [3.8, 4) is 16.9 Å². The van der Waals surface area contributed by atoms with Gasteiger partial charge in [-0.05, 0) is 93.5 Å². The molecule has 7 nitrogen and oxygen atoms in total. The quantitative estimate of drug-likeness (QED) is 0.0927. The highest BCUT2D eigenvalue weighted by molar-refractivity contribution is 5.97. The molecular formula is C41H46N4O3. The van der Waals surface area contributed by atoms with E-state index in [2.05, 4.69) is 82.6 Å². The Balaban J connectivity index is 1.22. The Morgan fingerprint density at radius 2 is 1.65 bits per heavy atom. The topological polar surface area (TPSA) is 71.2 Å². The Morgan fingerprint density at radius 3 is 2.44 bits per heavy atom. The first-order chi connectivity index (χ1) is 23.2. The molecular weight excluding hydrogens is 596 g/mol. The van der Waals surface area contributed by atoms with Gasteiger partial charge in [0.1, 0.15) is 22.7 Å². The number of rotatable bonds is 13. The molecule has 0 amide bonds. The maximum atomic E-state index is 13.0. The van der Waals surface area contributed by atoms with Gasteiger partial charge in [-0.1, -0.05) is 74.0 Å². The maximum Gasteiger partial charge on any atom is 0.339 e. The number of esters is 1. The molecule has 0 fully saturated rings. The van der Waals surface area contributed by atoms with Crippen LogP contribution in [0.2, 0.25) is 0 Å². The van der Waals surface area contributed by atoms with E-state index >= 15 is 0 Å². The average molecular weight is 643 g/mol. The fourth-order valence-electron chi connectivity index (χ4n) is 6.17. The fourth-order valence-corrected chi connectivity index (χ4v) is 6.17. The first-order valence-electron chi connectivity index (χ1n) is 17.1. The third kappa shape index (κ3) is 7.46. The second-order valence-corrected chi connectivity index (χ2v) is 13.5. The van der Waals surface area contributed by atoms with Crippen LogP contribution in [0.4, 0.5) is 0 Å². The van der Waals surface area contributed by atoms with Crippen molar-refractivity contribution in [3.63, 3.8) is 0 Å². The van der Waals surface area contributed by atoms with Crippen molar-refractivity contribution in [1.29, 1.82) is 0 Å². The molecule has 0 aliphatic heterocycles. The summed E-state index contributed by atoms with van der Waals surface area (Å²) in [6.45, 7) is 12.2. The van der Waals surface area contributed by atoms with Crippen LogP contribution in [-0.2, 0) is 24.2 Å².